The molecule has 72 heavy (non-hydrogen) atoms. The molecule has 0 aliphatic carbocycles. The molecule has 0 atom stereocenters. The lowest BCUT2D eigenvalue weighted by atomic mass is 9.88. The van der Waals surface area contributed by atoms with Crippen LogP contribution in [-0.4, -0.2) is 23.9 Å². The molecule has 0 radical (unpaired) electrons. The minimum absolute atomic E-state index is 0.0769. The molecule has 7 heteroatoms. The summed E-state index contributed by atoms with van der Waals surface area (Å²) >= 11 is 0. The second-order valence-corrected chi connectivity index (χ2v) is 19.3. The SMILES string of the molecule is CC(C)(C)c1ccnc(-n2c3ccccc3c3c(-n4c5ccccc5c5ccccc54)cc(Oc4cccc(-n5[c-][n+](-c6c(-c7ccccc7)cccc6-c6ccccc6)c(-c6ccccc6)n5)c4)cc32)c1. The van der Waals surface area contributed by atoms with E-state index in [4.69, 9.17) is 14.8 Å². The van der Waals surface area contributed by atoms with E-state index in [2.05, 4.69) is 247 Å². The van der Waals surface area contributed by atoms with Gasteiger partial charge in [0.1, 0.15) is 17.3 Å². The van der Waals surface area contributed by atoms with Gasteiger partial charge < -0.3 is 13.9 Å². The molecule has 0 N–H and O–H groups in total. The van der Waals surface area contributed by atoms with Gasteiger partial charge in [0.05, 0.1) is 33.4 Å². The number of pyridine rings is 1. The van der Waals surface area contributed by atoms with Gasteiger partial charge in [-0.1, -0.05) is 197 Å². The molecule has 9 aromatic carbocycles. The molecule has 0 amide bonds. The first-order valence-electron chi connectivity index (χ1n) is 24.4. The van der Waals surface area contributed by atoms with E-state index >= 15 is 0 Å². The van der Waals surface area contributed by atoms with Crippen LogP contribution in [0.3, 0.4) is 0 Å². The molecule has 0 unspecified atom stereocenters. The Balaban J connectivity index is 1.01. The van der Waals surface area contributed by atoms with E-state index in [1.165, 1.54) is 16.3 Å². The summed E-state index contributed by atoms with van der Waals surface area (Å²) in [6.07, 6.45) is 5.65. The molecule has 0 aliphatic rings. The average molecular weight is 929 g/mol. The Morgan fingerprint density at radius 2 is 1.03 bits per heavy atom. The van der Waals surface area contributed by atoms with Crippen molar-refractivity contribution in [3.63, 3.8) is 0 Å². The maximum absolute atomic E-state index is 7.13. The third-order valence-corrected chi connectivity index (χ3v) is 13.7. The number of fused-ring (bicyclic) bond motifs is 6. The van der Waals surface area contributed by atoms with Crippen LogP contribution in [-0.2, 0) is 5.41 Å². The highest BCUT2D eigenvalue weighted by atomic mass is 16.5. The zero-order valence-corrected chi connectivity index (χ0v) is 40.1. The fraction of sp³-hybridized carbons (Fsp3) is 0.0615. The quantitative estimate of drug-likeness (QED) is 0.107. The third kappa shape index (κ3) is 7.33. The Kier molecular flexibility index (Phi) is 10.2. The Labute approximate surface area is 417 Å². The van der Waals surface area contributed by atoms with Crippen LogP contribution in [0.4, 0.5) is 0 Å². The summed E-state index contributed by atoms with van der Waals surface area (Å²) in [5.41, 5.74) is 13.5. The largest absolute Gasteiger partial charge is 0.458 e. The normalized spacial score (nSPS) is 11.8. The molecule has 344 valence electrons. The molecule has 4 heterocycles. The van der Waals surface area contributed by atoms with Gasteiger partial charge >= 0.3 is 0 Å². The van der Waals surface area contributed by atoms with E-state index in [-0.39, 0.29) is 5.41 Å². The predicted molar refractivity (Wildman–Crippen MR) is 292 cm³/mol. The molecule has 0 aliphatic heterocycles. The molecule has 13 aromatic rings. The summed E-state index contributed by atoms with van der Waals surface area (Å²) in [7, 11) is 0. The average Bonchev–Trinajstić information content (AvgIpc) is 4.12. The smallest absolute Gasteiger partial charge is 0.231 e. The molecule has 0 fully saturated rings. The molecule has 0 spiro atoms. The van der Waals surface area contributed by atoms with Gasteiger partial charge in [0.15, 0.2) is 0 Å². The van der Waals surface area contributed by atoms with Crippen LogP contribution in [0.15, 0.2) is 237 Å². The van der Waals surface area contributed by atoms with Crippen LogP contribution < -0.4 is 9.30 Å². The Morgan fingerprint density at radius 1 is 0.472 bits per heavy atom. The van der Waals surface area contributed by atoms with Crippen molar-refractivity contribution in [3.8, 4) is 68.0 Å². The first-order valence-corrected chi connectivity index (χ1v) is 24.4. The Morgan fingerprint density at radius 3 is 1.65 bits per heavy atom. The van der Waals surface area contributed by atoms with Crippen molar-refractivity contribution in [1.82, 2.24) is 23.9 Å². The molecule has 0 saturated heterocycles. The second-order valence-electron chi connectivity index (χ2n) is 19.3. The van der Waals surface area contributed by atoms with Crippen molar-refractivity contribution in [2.24, 2.45) is 0 Å². The Hall–Kier alpha value is -9.33. The van der Waals surface area contributed by atoms with Crippen LogP contribution in [0.25, 0.3) is 100 Å². The summed E-state index contributed by atoms with van der Waals surface area (Å²) in [6.45, 7) is 6.73. The molecule has 13 rings (SSSR count). The summed E-state index contributed by atoms with van der Waals surface area (Å²) in [5.74, 6) is 2.94. The summed E-state index contributed by atoms with van der Waals surface area (Å²) < 4.78 is 15.8. The van der Waals surface area contributed by atoms with E-state index in [9.17, 15) is 0 Å². The van der Waals surface area contributed by atoms with Crippen molar-refractivity contribution in [3.05, 3.63) is 249 Å². The maximum Gasteiger partial charge on any atom is 0.231 e. The van der Waals surface area contributed by atoms with Gasteiger partial charge in [0.25, 0.3) is 0 Å². The van der Waals surface area contributed by atoms with E-state index in [0.29, 0.717) is 11.5 Å². The van der Waals surface area contributed by atoms with E-state index in [1.54, 1.807) is 0 Å². The minimum atomic E-state index is -0.0769. The number of benzene rings is 9. The molecule has 4 aromatic heterocycles. The second kappa shape index (κ2) is 17.3. The van der Waals surface area contributed by atoms with E-state index in [1.807, 2.05) is 35.1 Å². The highest BCUT2D eigenvalue weighted by molar-refractivity contribution is 6.16. The van der Waals surface area contributed by atoms with Crippen LogP contribution in [0, 0.1) is 6.33 Å². The first kappa shape index (κ1) is 42.7. The van der Waals surface area contributed by atoms with Crippen LogP contribution >= 0.6 is 0 Å². The predicted octanol–water partition coefficient (Wildman–Crippen LogP) is 15.6. The van der Waals surface area contributed by atoms with Crippen molar-refractivity contribution < 1.29 is 9.30 Å². The van der Waals surface area contributed by atoms with Gasteiger partial charge in [-0.2, -0.15) is 4.68 Å². The van der Waals surface area contributed by atoms with Crippen molar-refractivity contribution in [2.45, 2.75) is 26.2 Å². The fourth-order valence-electron chi connectivity index (χ4n) is 10.4. The summed E-state index contributed by atoms with van der Waals surface area (Å²) in [6, 6.07) is 80.7. The number of aromatic nitrogens is 6. The molecule has 7 nitrogen and oxygen atoms in total. The first-order chi connectivity index (χ1) is 35.4. The number of rotatable bonds is 9. The fourth-order valence-corrected chi connectivity index (χ4v) is 10.4. The number of para-hydroxylation sites is 4. The van der Waals surface area contributed by atoms with Crippen LogP contribution in [0.5, 0.6) is 11.5 Å². The molecular weight excluding hydrogens is 881 g/mol. The zero-order chi connectivity index (χ0) is 48.3. The monoisotopic (exact) mass is 928 g/mol. The zero-order valence-electron chi connectivity index (χ0n) is 40.1. The Bertz CT molecular complexity index is 4050. The summed E-state index contributed by atoms with van der Waals surface area (Å²) in [5, 5.41) is 9.95. The van der Waals surface area contributed by atoms with Crippen molar-refractivity contribution in [2.75, 3.05) is 0 Å². The standard InChI is InChI=1S/C65H48N6O/c1-65(2,3)47-37-38-66-61(39-47)71-58-36-18-15-31-55(58)62-59(70-56-34-16-13-29-53(56)54-30-14-17-35-57(54)70)41-50(42-60(62)71)72-49-28-19-27-48(40-49)69-43-68(64(67-69)46-25-11-6-12-26-46)63-51(44-21-7-4-8-22-44)32-20-33-52(63)45-23-9-5-10-24-45/h4-42H,1-3H3. The lowest BCUT2D eigenvalue weighted by molar-refractivity contribution is -0.587. The molecule has 0 bridgehead atoms. The summed E-state index contributed by atoms with van der Waals surface area (Å²) in [4.78, 5) is 5.04. The van der Waals surface area contributed by atoms with Gasteiger partial charge in [-0.15, -0.1) is 0 Å². The van der Waals surface area contributed by atoms with E-state index in [0.717, 1.165) is 89.4 Å². The molecular formula is C65H48N6O. The highest BCUT2D eigenvalue weighted by Crippen LogP contribution is 2.43. The number of hydrogen-bond donors (Lipinski definition) is 0. The lowest BCUT2D eigenvalue weighted by Crippen LogP contribution is -2.33. The van der Waals surface area contributed by atoms with Crippen molar-refractivity contribution >= 4 is 43.6 Å². The van der Waals surface area contributed by atoms with E-state index < -0.39 is 0 Å². The maximum atomic E-state index is 7.13. The van der Waals surface area contributed by atoms with Gasteiger partial charge in [-0.05, 0) is 80.8 Å². The lowest BCUT2D eigenvalue weighted by Gasteiger charge is -2.20. The number of hydrogen-bond acceptors (Lipinski definition) is 3. The van der Waals surface area contributed by atoms with Gasteiger partial charge in [0, 0.05) is 51.1 Å². The minimum Gasteiger partial charge on any atom is -0.458 e. The van der Waals surface area contributed by atoms with Crippen LogP contribution in [0.2, 0.25) is 0 Å². The molecule has 0 saturated carbocycles. The third-order valence-electron chi connectivity index (χ3n) is 13.7. The van der Waals surface area contributed by atoms with Gasteiger partial charge in [-0.3, -0.25) is 4.57 Å². The van der Waals surface area contributed by atoms with Gasteiger partial charge in [-0.25, -0.2) is 4.98 Å². The number of nitrogens with zero attached hydrogens (tertiary/aromatic N) is 6. The number of ether oxygens (including phenoxy) is 1. The highest BCUT2D eigenvalue weighted by Gasteiger charge is 2.25. The topological polar surface area (TPSA) is 53.7 Å². The van der Waals surface area contributed by atoms with Crippen LogP contribution in [0.1, 0.15) is 26.3 Å². The van der Waals surface area contributed by atoms with Gasteiger partial charge in [0.2, 0.25) is 12.2 Å². The van der Waals surface area contributed by atoms with Crippen molar-refractivity contribution in [1.29, 1.82) is 0 Å².